The van der Waals surface area contributed by atoms with E-state index in [4.69, 9.17) is 5.73 Å². The fourth-order valence-electron chi connectivity index (χ4n) is 1.81. The summed E-state index contributed by atoms with van der Waals surface area (Å²) in [5, 5.41) is 2.71. The van der Waals surface area contributed by atoms with Crippen LogP contribution in [-0.2, 0) is 6.18 Å². The molecule has 0 saturated heterocycles. The Kier molecular flexibility index (Phi) is 3.54. The minimum Gasteiger partial charge on any atom is -0.351 e. The molecule has 0 heterocycles. The Morgan fingerprint density at radius 2 is 1.84 bits per heavy atom. The van der Waals surface area contributed by atoms with Gasteiger partial charge in [-0.3, -0.25) is 4.79 Å². The van der Waals surface area contributed by atoms with Gasteiger partial charge in [0.1, 0.15) is 0 Å². The van der Waals surface area contributed by atoms with Gasteiger partial charge < -0.3 is 11.1 Å². The number of halogens is 3. The molecule has 19 heavy (non-hydrogen) atoms. The average molecular weight is 272 g/mol. The van der Waals surface area contributed by atoms with Gasteiger partial charge in [-0.05, 0) is 43.7 Å². The Hall–Kier alpha value is -1.56. The van der Waals surface area contributed by atoms with Crippen LogP contribution in [-0.4, -0.2) is 19.0 Å². The van der Waals surface area contributed by atoms with E-state index >= 15 is 0 Å². The zero-order valence-electron chi connectivity index (χ0n) is 10.3. The molecular formula is C13H15F3N2O. The topological polar surface area (TPSA) is 55.1 Å². The first-order valence-corrected chi connectivity index (χ1v) is 6.02. The lowest BCUT2D eigenvalue weighted by Crippen LogP contribution is -2.33. The molecule has 1 aliphatic rings. The lowest BCUT2D eigenvalue weighted by Gasteiger charge is -2.13. The van der Waals surface area contributed by atoms with Gasteiger partial charge in [-0.15, -0.1) is 0 Å². The average Bonchev–Trinajstić information content (AvgIpc) is 3.16. The minimum atomic E-state index is -4.38. The van der Waals surface area contributed by atoms with Crippen molar-refractivity contribution in [1.29, 1.82) is 0 Å². The van der Waals surface area contributed by atoms with Crippen LogP contribution in [0, 0.1) is 5.41 Å². The van der Waals surface area contributed by atoms with E-state index in [1.165, 1.54) is 12.1 Å². The third-order valence-electron chi connectivity index (χ3n) is 3.49. The quantitative estimate of drug-likeness (QED) is 0.882. The molecule has 3 nitrogen and oxygen atoms in total. The van der Waals surface area contributed by atoms with Crippen molar-refractivity contribution in [1.82, 2.24) is 5.32 Å². The third kappa shape index (κ3) is 3.26. The zero-order chi connectivity index (χ0) is 14.1. The molecule has 1 fully saturated rings. The molecule has 0 aromatic heterocycles. The van der Waals surface area contributed by atoms with E-state index in [0.29, 0.717) is 13.1 Å². The van der Waals surface area contributed by atoms with Crippen molar-refractivity contribution in [3.8, 4) is 0 Å². The van der Waals surface area contributed by atoms with Gasteiger partial charge in [-0.25, -0.2) is 0 Å². The molecule has 0 spiro atoms. The van der Waals surface area contributed by atoms with Crippen LogP contribution < -0.4 is 11.1 Å². The van der Waals surface area contributed by atoms with Gasteiger partial charge in [0, 0.05) is 17.5 Å². The van der Waals surface area contributed by atoms with E-state index in [2.05, 4.69) is 5.32 Å². The fourth-order valence-corrected chi connectivity index (χ4v) is 1.81. The number of alkyl halides is 3. The van der Waals surface area contributed by atoms with E-state index < -0.39 is 11.7 Å². The van der Waals surface area contributed by atoms with Crippen LogP contribution in [0.5, 0.6) is 0 Å². The summed E-state index contributed by atoms with van der Waals surface area (Å²) in [6.45, 7) is 0.990. The molecule has 1 aromatic rings. The van der Waals surface area contributed by atoms with Crippen molar-refractivity contribution in [3.05, 3.63) is 35.4 Å². The second-order valence-corrected chi connectivity index (χ2v) is 4.96. The predicted octanol–water partition coefficient (Wildman–Crippen LogP) is 2.17. The molecule has 1 amide bonds. The molecule has 1 aliphatic carbocycles. The maximum Gasteiger partial charge on any atom is 0.416 e. The molecule has 1 aromatic carbocycles. The van der Waals surface area contributed by atoms with Gasteiger partial charge in [-0.1, -0.05) is 0 Å². The molecule has 3 N–H and O–H groups in total. The van der Waals surface area contributed by atoms with Crippen molar-refractivity contribution in [3.63, 3.8) is 0 Å². The second kappa shape index (κ2) is 4.85. The van der Waals surface area contributed by atoms with Crippen molar-refractivity contribution in [2.45, 2.75) is 19.0 Å². The number of nitrogens with two attached hydrogens (primary N) is 1. The molecule has 0 atom stereocenters. The maximum absolute atomic E-state index is 12.4. The first-order chi connectivity index (χ1) is 8.86. The predicted molar refractivity (Wildman–Crippen MR) is 64.5 cm³/mol. The Labute approximate surface area is 109 Å². The molecule has 0 unspecified atom stereocenters. The van der Waals surface area contributed by atoms with E-state index in [9.17, 15) is 18.0 Å². The number of benzene rings is 1. The summed E-state index contributed by atoms with van der Waals surface area (Å²) in [7, 11) is 0. The van der Waals surface area contributed by atoms with Crippen LogP contribution in [0.3, 0.4) is 0 Å². The summed E-state index contributed by atoms with van der Waals surface area (Å²) in [6.07, 6.45) is -2.42. The lowest BCUT2D eigenvalue weighted by atomic mass is 10.1. The molecule has 1 saturated carbocycles. The van der Waals surface area contributed by atoms with Crippen molar-refractivity contribution in [2.24, 2.45) is 11.1 Å². The standard InChI is InChI=1S/C13H15F3N2O/c14-13(15,16)10-3-1-9(2-4-10)11(19)18-8-12(7-17)5-6-12/h1-4H,5-8,17H2,(H,18,19). The summed E-state index contributed by atoms with van der Waals surface area (Å²) >= 11 is 0. The van der Waals surface area contributed by atoms with Gasteiger partial charge in [-0.2, -0.15) is 13.2 Å². The van der Waals surface area contributed by atoms with Gasteiger partial charge in [0.05, 0.1) is 5.56 Å². The van der Waals surface area contributed by atoms with Crippen LogP contribution in [0.4, 0.5) is 13.2 Å². The highest BCUT2D eigenvalue weighted by atomic mass is 19.4. The van der Waals surface area contributed by atoms with Crippen molar-refractivity contribution < 1.29 is 18.0 Å². The van der Waals surface area contributed by atoms with E-state index in [1.54, 1.807) is 0 Å². The molecule has 2 rings (SSSR count). The highest BCUT2D eigenvalue weighted by Crippen LogP contribution is 2.43. The van der Waals surface area contributed by atoms with Gasteiger partial charge in [0.2, 0.25) is 0 Å². The molecule has 0 bridgehead atoms. The number of rotatable bonds is 4. The summed E-state index contributed by atoms with van der Waals surface area (Å²) in [4.78, 5) is 11.8. The highest BCUT2D eigenvalue weighted by Gasteiger charge is 2.41. The van der Waals surface area contributed by atoms with Gasteiger partial charge in [0.15, 0.2) is 0 Å². The van der Waals surface area contributed by atoms with E-state index in [1.807, 2.05) is 0 Å². The molecule has 6 heteroatoms. The Bertz CT molecular complexity index is 464. The monoisotopic (exact) mass is 272 g/mol. The summed E-state index contributed by atoms with van der Waals surface area (Å²) in [5.41, 5.74) is 5.05. The molecular weight excluding hydrogens is 257 g/mol. The summed E-state index contributed by atoms with van der Waals surface area (Å²) in [5.74, 6) is -0.367. The van der Waals surface area contributed by atoms with Crippen LogP contribution in [0.25, 0.3) is 0 Å². The number of carbonyl (C=O) groups excluding carboxylic acids is 1. The molecule has 104 valence electrons. The smallest absolute Gasteiger partial charge is 0.351 e. The third-order valence-corrected chi connectivity index (χ3v) is 3.49. The van der Waals surface area contributed by atoms with E-state index in [0.717, 1.165) is 25.0 Å². The van der Waals surface area contributed by atoms with Crippen molar-refractivity contribution in [2.75, 3.05) is 13.1 Å². The second-order valence-electron chi connectivity index (χ2n) is 4.96. The summed E-state index contributed by atoms with van der Waals surface area (Å²) in [6, 6.07) is 4.18. The largest absolute Gasteiger partial charge is 0.416 e. The fraction of sp³-hybridized carbons (Fsp3) is 0.462. The first kappa shape index (κ1) is 13.9. The zero-order valence-corrected chi connectivity index (χ0v) is 10.3. The van der Waals surface area contributed by atoms with Crippen LogP contribution in [0.1, 0.15) is 28.8 Å². The SMILES string of the molecule is NCC1(CNC(=O)c2ccc(C(F)(F)F)cc2)CC1. The lowest BCUT2D eigenvalue weighted by molar-refractivity contribution is -0.137. The number of hydrogen-bond acceptors (Lipinski definition) is 2. The maximum atomic E-state index is 12.4. The first-order valence-electron chi connectivity index (χ1n) is 6.02. The Morgan fingerprint density at radius 1 is 1.26 bits per heavy atom. The van der Waals surface area contributed by atoms with Gasteiger partial charge in [0.25, 0.3) is 5.91 Å². The Balaban J connectivity index is 1.96. The number of hydrogen-bond donors (Lipinski definition) is 2. The number of amides is 1. The van der Waals surface area contributed by atoms with Crippen LogP contribution in [0.2, 0.25) is 0 Å². The highest BCUT2D eigenvalue weighted by molar-refractivity contribution is 5.94. The number of nitrogens with one attached hydrogen (secondary N) is 1. The van der Waals surface area contributed by atoms with E-state index in [-0.39, 0.29) is 16.9 Å². The molecule has 0 radical (unpaired) electrons. The molecule has 0 aliphatic heterocycles. The van der Waals surface area contributed by atoms with Crippen molar-refractivity contribution >= 4 is 5.91 Å². The van der Waals surface area contributed by atoms with Crippen LogP contribution >= 0.6 is 0 Å². The summed E-state index contributed by atoms with van der Waals surface area (Å²) < 4.78 is 37.1. The normalized spacial score (nSPS) is 17.1. The Morgan fingerprint density at radius 3 is 2.26 bits per heavy atom. The van der Waals surface area contributed by atoms with Crippen LogP contribution in [0.15, 0.2) is 24.3 Å². The van der Waals surface area contributed by atoms with Gasteiger partial charge >= 0.3 is 6.18 Å². The number of carbonyl (C=O) groups is 1. The minimum absolute atomic E-state index is 0.00156.